The molecule has 1 aliphatic rings. The molecule has 0 amide bonds. The molecule has 1 fully saturated rings. The van der Waals surface area contributed by atoms with Gasteiger partial charge in [-0.1, -0.05) is 6.42 Å². The van der Waals surface area contributed by atoms with Gasteiger partial charge < -0.3 is 10.1 Å². The van der Waals surface area contributed by atoms with Crippen LogP contribution >= 0.6 is 11.3 Å². The Morgan fingerprint density at radius 1 is 1.53 bits per heavy atom. The molecular weight excluding hydrogens is 208 g/mol. The first-order valence-electron chi connectivity index (χ1n) is 5.63. The van der Waals surface area contributed by atoms with E-state index < -0.39 is 0 Å². The molecule has 1 aromatic heterocycles. The Morgan fingerprint density at radius 2 is 2.53 bits per heavy atom. The third-order valence-electron chi connectivity index (χ3n) is 2.75. The first kappa shape index (κ1) is 11.0. The molecular formula is C11H18N2OS. The van der Waals surface area contributed by atoms with Crippen molar-refractivity contribution in [3.05, 3.63) is 16.6 Å². The predicted octanol–water partition coefficient (Wildman–Crippen LogP) is 2.19. The maximum atomic E-state index is 5.61. The fourth-order valence-electron chi connectivity index (χ4n) is 1.88. The second-order valence-corrected chi connectivity index (χ2v) is 4.93. The summed E-state index contributed by atoms with van der Waals surface area (Å²) in [6, 6.07) is 0.681. The average Bonchev–Trinajstić information content (AvgIpc) is 2.79. The molecule has 2 rings (SSSR count). The van der Waals surface area contributed by atoms with Crippen LogP contribution in [-0.4, -0.2) is 24.2 Å². The van der Waals surface area contributed by atoms with E-state index in [1.807, 2.05) is 11.7 Å². The van der Waals surface area contributed by atoms with E-state index in [1.54, 1.807) is 11.3 Å². The highest BCUT2D eigenvalue weighted by Crippen LogP contribution is 2.11. The Kier molecular flexibility index (Phi) is 4.57. The lowest BCUT2D eigenvalue weighted by Crippen LogP contribution is -2.34. The standard InChI is InChI=1S/C11H18N2OS/c1-2-5-13-10(3-1)4-6-14-8-11-7-12-9-15-11/h7,9-10,13H,1-6,8H2. The first-order valence-corrected chi connectivity index (χ1v) is 6.51. The SMILES string of the molecule is c1ncc(COCCC2CCCCN2)s1. The van der Waals surface area contributed by atoms with Crippen LogP contribution in [0.3, 0.4) is 0 Å². The zero-order valence-electron chi connectivity index (χ0n) is 8.95. The van der Waals surface area contributed by atoms with Crippen molar-refractivity contribution < 1.29 is 4.74 Å². The van der Waals surface area contributed by atoms with Crippen molar-refractivity contribution in [3.8, 4) is 0 Å². The van der Waals surface area contributed by atoms with Crippen LogP contribution in [0.5, 0.6) is 0 Å². The van der Waals surface area contributed by atoms with E-state index in [1.165, 1.54) is 30.7 Å². The Hall–Kier alpha value is -0.450. The van der Waals surface area contributed by atoms with Crippen LogP contribution in [0.2, 0.25) is 0 Å². The Labute approximate surface area is 94.9 Å². The third-order valence-corrected chi connectivity index (χ3v) is 3.50. The summed E-state index contributed by atoms with van der Waals surface area (Å²) in [5.41, 5.74) is 1.85. The van der Waals surface area contributed by atoms with E-state index in [9.17, 15) is 0 Å². The van der Waals surface area contributed by atoms with Crippen LogP contribution < -0.4 is 5.32 Å². The van der Waals surface area contributed by atoms with Crippen molar-refractivity contribution in [2.24, 2.45) is 0 Å². The van der Waals surface area contributed by atoms with E-state index in [-0.39, 0.29) is 0 Å². The molecule has 4 heteroatoms. The van der Waals surface area contributed by atoms with Gasteiger partial charge in [-0.3, -0.25) is 4.98 Å². The Balaban J connectivity index is 1.54. The summed E-state index contributed by atoms with van der Waals surface area (Å²) in [7, 11) is 0. The number of piperidine rings is 1. The minimum atomic E-state index is 0.681. The second kappa shape index (κ2) is 6.20. The molecule has 0 spiro atoms. The van der Waals surface area contributed by atoms with Crippen molar-refractivity contribution >= 4 is 11.3 Å². The fraction of sp³-hybridized carbons (Fsp3) is 0.727. The first-order chi connectivity index (χ1) is 7.45. The number of hydrogen-bond donors (Lipinski definition) is 1. The summed E-state index contributed by atoms with van der Waals surface area (Å²) >= 11 is 1.66. The van der Waals surface area contributed by atoms with Crippen molar-refractivity contribution in [1.29, 1.82) is 0 Å². The van der Waals surface area contributed by atoms with Gasteiger partial charge in [-0.25, -0.2) is 0 Å². The van der Waals surface area contributed by atoms with E-state index in [0.717, 1.165) is 19.6 Å². The van der Waals surface area contributed by atoms with Crippen LogP contribution in [-0.2, 0) is 11.3 Å². The van der Waals surface area contributed by atoms with Gasteiger partial charge in [-0.05, 0) is 25.8 Å². The molecule has 0 aliphatic carbocycles. The predicted molar refractivity (Wildman–Crippen MR) is 62.0 cm³/mol. The van der Waals surface area contributed by atoms with Gasteiger partial charge in [0, 0.05) is 18.8 Å². The van der Waals surface area contributed by atoms with Gasteiger partial charge in [0.15, 0.2) is 0 Å². The summed E-state index contributed by atoms with van der Waals surface area (Å²) in [6.45, 7) is 2.76. The number of aromatic nitrogens is 1. The lowest BCUT2D eigenvalue weighted by atomic mass is 10.0. The van der Waals surface area contributed by atoms with Crippen molar-refractivity contribution in [1.82, 2.24) is 10.3 Å². The van der Waals surface area contributed by atoms with Crippen LogP contribution in [0.1, 0.15) is 30.6 Å². The number of rotatable bonds is 5. The monoisotopic (exact) mass is 226 g/mol. The van der Waals surface area contributed by atoms with Gasteiger partial charge in [0.2, 0.25) is 0 Å². The van der Waals surface area contributed by atoms with E-state index in [2.05, 4.69) is 10.3 Å². The van der Waals surface area contributed by atoms with Gasteiger partial charge in [0.05, 0.1) is 17.0 Å². The molecule has 1 aliphatic heterocycles. The van der Waals surface area contributed by atoms with Crippen LogP contribution in [0, 0.1) is 0 Å². The largest absolute Gasteiger partial charge is 0.376 e. The molecule has 84 valence electrons. The van der Waals surface area contributed by atoms with Gasteiger partial charge in [-0.15, -0.1) is 11.3 Å². The minimum Gasteiger partial charge on any atom is -0.376 e. The van der Waals surface area contributed by atoms with Gasteiger partial charge >= 0.3 is 0 Å². The van der Waals surface area contributed by atoms with Gasteiger partial charge in [0.1, 0.15) is 0 Å². The smallest absolute Gasteiger partial charge is 0.0825 e. The lowest BCUT2D eigenvalue weighted by molar-refractivity contribution is 0.110. The van der Waals surface area contributed by atoms with Gasteiger partial charge in [0.25, 0.3) is 0 Å². The molecule has 3 nitrogen and oxygen atoms in total. The van der Waals surface area contributed by atoms with E-state index in [4.69, 9.17) is 4.74 Å². The summed E-state index contributed by atoms with van der Waals surface area (Å²) < 4.78 is 5.61. The van der Waals surface area contributed by atoms with Crippen LogP contribution in [0.15, 0.2) is 11.7 Å². The summed E-state index contributed by atoms with van der Waals surface area (Å²) in [5.74, 6) is 0. The number of hydrogen-bond acceptors (Lipinski definition) is 4. The normalized spacial score (nSPS) is 21.7. The highest BCUT2D eigenvalue weighted by molar-refractivity contribution is 7.09. The Morgan fingerprint density at radius 3 is 3.27 bits per heavy atom. The second-order valence-electron chi connectivity index (χ2n) is 3.96. The molecule has 0 saturated carbocycles. The van der Waals surface area contributed by atoms with Crippen molar-refractivity contribution in [2.45, 2.75) is 38.3 Å². The molecule has 0 aromatic carbocycles. The highest BCUT2D eigenvalue weighted by atomic mass is 32.1. The zero-order chi connectivity index (χ0) is 10.3. The maximum Gasteiger partial charge on any atom is 0.0825 e. The minimum absolute atomic E-state index is 0.681. The molecule has 0 radical (unpaired) electrons. The van der Waals surface area contributed by atoms with Crippen LogP contribution in [0.4, 0.5) is 0 Å². The molecule has 1 aromatic rings. The summed E-state index contributed by atoms with van der Waals surface area (Å²) in [4.78, 5) is 5.23. The molecule has 0 bridgehead atoms. The maximum absolute atomic E-state index is 5.61. The topological polar surface area (TPSA) is 34.1 Å². The number of thiazole rings is 1. The highest BCUT2D eigenvalue weighted by Gasteiger charge is 2.11. The van der Waals surface area contributed by atoms with Crippen molar-refractivity contribution in [2.75, 3.05) is 13.2 Å². The van der Waals surface area contributed by atoms with Crippen molar-refractivity contribution in [3.63, 3.8) is 0 Å². The number of nitrogens with one attached hydrogen (secondary N) is 1. The third kappa shape index (κ3) is 3.89. The average molecular weight is 226 g/mol. The molecule has 1 N–H and O–H groups in total. The van der Waals surface area contributed by atoms with Gasteiger partial charge in [-0.2, -0.15) is 0 Å². The quantitative estimate of drug-likeness (QED) is 0.782. The molecule has 1 unspecified atom stereocenters. The summed E-state index contributed by atoms with van der Waals surface area (Å²) in [5, 5.41) is 3.52. The zero-order valence-corrected chi connectivity index (χ0v) is 9.76. The number of nitrogens with zero attached hydrogens (tertiary/aromatic N) is 1. The van der Waals surface area contributed by atoms with E-state index >= 15 is 0 Å². The number of ether oxygens (including phenoxy) is 1. The summed E-state index contributed by atoms with van der Waals surface area (Å²) in [6.07, 6.45) is 7.02. The van der Waals surface area contributed by atoms with Crippen LogP contribution in [0.25, 0.3) is 0 Å². The fourth-order valence-corrected chi connectivity index (χ4v) is 2.41. The molecule has 2 heterocycles. The molecule has 1 saturated heterocycles. The molecule has 15 heavy (non-hydrogen) atoms. The molecule has 1 atom stereocenters. The Bertz CT molecular complexity index is 258. The lowest BCUT2D eigenvalue weighted by Gasteiger charge is -2.23. The van der Waals surface area contributed by atoms with E-state index in [0.29, 0.717) is 6.04 Å².